The molecule has 0 aliphatic carbocycles. The summed E-state index contributed by atoms with van der Waals surface area (Å²) in [4.78, 5) is 0. The van der Waals surface area contributed by atoms with Crippen LogP contribution >= 0.6 is 11.8 Å². The van der Waals surface area contributed by atoms with Crippen molar-refractivity contribution < 1.29 is 26.1 Å². The summed E-state index contributed by atoms with van der Waals surface area (Å²) in [5, 5.41) is 16.5. The molecular formula is C22H16F3NO3S2. The number of hydrogen-bond donors (Lipinski definition) is 1. The first-order valence-electron chi connectivity index (χ1n) is 8.93. The first-order chi connectivity index (χ1) is 14.6. The van der Waals surface area contributed by atoms with Crippen LogP contribution < -0.4 is 0 Å². The molecule has 0 spiro atoms. The number of hydrogen-bond acceptors (Lipinski definition) is 4. The van der Waals surface area contributed by atoms with Crippen molar-refractivity contribution in [3.05, 3.63) is 72.3 Å². The van der Waals surface area contributed by atoms with E-state index >= 15 is 0 Å². The lowest BCUT2D eigenvalue weighted by Gasteiger charge is -2.12. The van der Waals surface area contributed by atoms with Gasteiger partial charge in [-0.1, -0.05) is 48.5 Å². The predicted octanol–water partition coefficient (Wildman–Crippen LogP) is 6.30. The van der Waals surface area contributed by atoms with Gasteiger partial charge in [-0.25, -0.2) is 0 Å². The summed E-state index contributed by atoms with van der Waals surface area (Å²) < 4.78 is 57.5. The average molecular weight is 464 g/mol. The molecule has 160 valence electrons. The third-order valence-corrected chi connectivity index (χ3v) is 5.96. The van der Waals surface area contributed by atoms with Crippen molar-refractivity contribution in [2.75, 3.05) is 5.75 Å². The van der Waals surface area contributed by atoms with E-state index in [0.29, 0.717) is 5.75 Å². The molecule has 0 radical (unpaired) electrons. The van der Waals surface area contributed by atoms with Crippen LogP contribution in [0.15, 0.2) is 66.7 Å². The first kappa shape index (κ1) is 22.9. The molecule has 1 N–H and O–H groups in total. The van der Waals surface area contributed by atoms with E-state index in [0.717, 1.165) is 5.75 Å². The van der Waals surface area contributed by atoms with Crippen LogP contribution in [0.4, 0.5) is 13.2 Å². The van der Waals surface area contributed by atoms with E-state index in [1.807, 2.05) is 0 Å². The lowest BCUT2D eigenvalue weighted by Crippen LogP contribution is -2.21. The second-order valence-electron chi connectivity index (χ2n) is 6.57. The monoisotopic (exact) mass is 463 g/mol. The Labute approximate surface area is 181 Å². The molecule has 0 amide bonds. The van der Waals surface area contributed by atoms with E-state index in [4.69, 9.17) is 18.2 Å². The second-order valence-corrected chi connectivity index (χ2v) is 8.97. The van der Waals surface area contributed by atoms with Gasteiger partial charge in [0.25, 0.3) is 0 Å². The fourth-order valence-corrected chi connectivity index (χ4v) is 3.91. The van der Waals surface area contributed by atoms with Crippen LogP contribution in [0.3, 0.4) is 0 Å². The van der Waals surface area contributed by atoms with Crippen molar-refractivity contribution in [1.82, 2.24) is 0 Å². The number of thioether (sulfide) groups is 1. The van der Waals surface area contributed by atoms with Gasteiger partial charge in [0.05, 0.1) is 11.8 Å². The van der Waals surface area contributed by atoms with Crippen LogP contribution in [0.2, 0.25) is 0 Å². The van der Waals surface area contributed by atoms with Gasteiger partial charge in [-0.3, -0.25) is 4.55 Å². The molecule has 4 nitrogen and oxygen atoms in total. The van der Waals surface area contributed by atoms with E-state index < -0.39 is 15.6 Å². The Kier molecular flexibility index (Phi) is 6.74. The summed E-state index contributed by atoms with van der Waals surface area (Å²) in [5.41, 5.74) is -4.20. The number of alkyl halides is 3. The molecule has 4 aromatic carbocycles. The fourth-order valence-electron chi connectivity index (χ4n) is 3.20. The average Bonchev–Trinajstić information content (AvgIpc) is 2.71. The molecule has 0 aliphatic heterocycles. The third kappa shape index (κ3) is 5.28. The molecule has 9 heteroatoms. The van der Waals surface area contributed by atoms with Gasteiger partial charge in [-0.15, -0.1) is 11.8 Å². The number of fused-ring (bicyclic) bond motifs is 3. The van der Waals surface area contributed by atoms with Gasteiger partial charge in [-0.05, 0) is 56.1 Å². The largest absolute Gasteiger partial charge is 0.522 e. The molecule has 0 heterocycles. The molecule has 31 heavy (non-hydrogen) atoms. The summed E-state index contributed by atoms with van der Waals surface area (Å²) in [6.07, 6.45) is 0. The maximum Gasteiger partial charge on any atom is 0.522 e. The second kappa shape index (κ2) is 9.14. The van der Waals surface area contributed by atoms with Crippen LogP contribution in [0.25, 0.3) is 32.3 Å². The number of benzene rings is 4. The van der Waals surface area contributed by atoms with Gasteiger partial charge < -0.3 is 0 Å². The minimum Gasteiger partial charge on any atom is -0.279 e. The first-order valence-corrected chi connectivity index (χ1v) is 11.5. The minimum atomic E-state index is -5.84. The highest BCUT2D eigenvalue weighted by Crippen LogP contribution is 2.33. The quantitative estimate of drug-likeness (QED) is 0.167. The topological polar surface area (TPSA) is 78.2 Å². The van der Waals surface area contributed by atoms with Crippen LogP contribution in [0.1, 0.15) is 5.56 Å². The van der Waals surface area contributed by atoms with Crippen molar-refractivity contribution in [2.45, 2.75) is 11.3 Å². The molecule has 0 aliphatic rings. The Bertz CT molecular complexity index is 1390. The molecule has 0 bridgehead atoms. The summed E-state index contributed by atoms with van der Waals surface area (Å²) >= 11 is 1.68. The Hall–Kier alpha value is -2.80. The standard InChI is InChI=1S/C21H15NS.CHF3O3S/c22-9-10-23-14-21-19-8-4-3-7-17(19)12-18-11-15-5-1-2-6-16(15)13-20(18)21;2-1(3,4)8(5,6)7/h1-8,11-13H,10,14H2;(H,5,6,7). The molecule has 0 unspecified atom stereocenters. The van der Waals surface area contributed by atoms with Gasteiger partial charge in [0.2, 0.25) is 0 Å². The Morgan fingerprint density at radius 2 is 1.39 bits per heavy atom. The molecule has 0 saturated heterocycles. The fraction of sp³-hybridized carbons (Fsp3) is 0.136. The number of nitrogens with zero attached hydrogens (tertiary/aromatic N) is 1. The highest BCUT2D eigenvalue weighted by atomic mass is 32.2. The molecule has 0 fully saturated rings. The summed E-state index contributed by atoms with van der Waals surface area (Å²) in [6.45, 7) is 0. The zero-order valence-electron chi connectivity index (χ0n) is 15.9. The van der Waals surface area contributed by atoms with Crippen molar-refractivity contribution in [1.29, 1.82) is 5.26 Å². The van der Waals surface area contributed by atoms with E-state index in [9.17, 15) is 13.2 Å². The Morgan fingerprint density at radius 1 is 0.871 bits per heavy atom. The van der Waals surface area contributed by atoms with Crippen LogP contribution in [-0.4, -0.2) is 24.2 Å². The van der Waals surface area contributed by atoms with Crippen molar-refractivity contribution in [3.8, 4) is 6.07 Å². The van der Waals surface area contributed by atoms with E-state index in [1.54, 1.807) is 11.8 Å². The van der Waals surface area contributed by atoms with E-state index in [2.05, 4.69) is 72.8 Å². The summed E-state index contributed by atoms with van der Waals surface area (Å²) in [7, 11) is -5.84. The van der Waals surface area contributed by atoms with Gasteiger partial charge >= 0.3 is 15.6 Å². The summed E-state index contributed by atoms with van der Waals surface area (Å²) in [5.74, 6) is 1.39. The molecule has 0 saturated carbocycles. The van der Waals surface area contributed by atoms with Crippen LogP contribution in [0.5, 0.6) is 0 Å². The van der Waals surface area contributed by atoms with E-state index in [-0.39, 0.29) is 0 Å². The van der Waals surface area contributed by atoms with Gasteiger partial charge in [0.15, 0.2) is 0 Å². The number of halogens is 3. The molecule has 4 rings (SSSR count). The normalized spacial score (nSPS) is 11.8. The highest BCUT2D eigenvalue weighted by Gasteiger charge is 2.44. The minimum absolute atomic E-state index is 0.526. The van der Waals surface area contributed by atoms with Gasteiger partial charge in [0.1, 0.15) is 0 Å². The van der Waals surface area contributed by atoms with Crippen molar-refractivity contribution in [2.24, 2.45) is 0 Å². The molecule has 4 aromatic rings. The zero-order valence-corrected chi connectivity index (χ0v) is 17.6. The summed E-state index contributed by atoms with van der Waals surface area (Å²) in [6, 6.07) is 26.1. The lowest BCUT2D eigenvalue weighted by molar-refractivity contribution is -0.0510. The zero-order chi connectivity index (χ0) is 22.6. The van der Waals surface area contributed by atoms with Crippen LogP contribution in [0, 0.1) is 11.3 Å². The maximum absolute atomic E-state index is 10.7. The van der Waals surface area contributed by atoms with Gasteiger partial charge in [-0.2, -0.15) is 26.9 Å². The third-order valence-electron chi connectivity index (χ3n) is 4.55. The van der Waals surface area contributed by atoms with Crippen molar-refractivity contribution in [3.63, 3.8) is 0 Å². The van der Waals surface area contributed by atoms with Crippen LogP contribution in [-0.2, 0) is 15.9 Å². The predicted molar refractivity (Wildman–Crippen MR) is 118 cm³/mol. The Balaban J connectivity index is 0.000000293. The smallest absolute Gasteiger partial charge is 0.279 e. The van der Waals surface area contributed by atoms with E-state index in [1.165, 1.54) is 37.9 Å². The molecule has 0 aromatic heterocycles. The lowest BCUT2D eigenvalue weighted by atomic mass is 9.95. The van der Waals surface area contributed by atoms with Crippen molar-refractivity contribution >= 4 is 54.2 Å². The number of nitriles is 1. The molecule has 0 atom stereocenters. The maximum atomic E-state index is 10.7. The SMILES string of the molecule is N#CCSCc1c2ccccc2cc2cc3ccccc3cc12.O=S(=O)(O)C(F)(F)F. The Morgan fingerprint density at radius 3 is 1.97 bits per heavy atom. The molecular weight excluding hydrogens is 447 g/mol. The highest BCUT2D eigenvalue weighted by molar-refractivity contribution is 7.98. The van der Waals surface area contributed by atoms with Gasteiger partial charge in [0, 0.05) is 5.75 Å². The number of rotatable bonds is 3.